The van der Waals surface area contributed by atoms with Crippen LogP contribution in [0.3, 0.4) is 0 Å². The third-order valence-corrected chi connectivity index (χ3v) is 8.36. The summed E-state index contributed by atoms with van der Waals surface area (Å²) >= 11 is 0. The molecule has 0 atom stereocenters. The van der Waals surface area contributed by atoms with Gasteiger partial charge in [0, 0.05) is 0 Å². The molecule has 10 nitrogen and oxygen atoms in total. The van der Waals surface area contributed by atoms with Gasteiger partial charge in [0.2, 0.25) is 11.5 Å². The van der Waals surface area contributed by atoms with Crippen LogP contribution in [0.5, 0.6) is 34.5 Å². The number of unbranched alkanes of at least 4 members (excludes halogenated alkanes) is 6. The molecule has 11 heteroatoms. The van der Waals surface area contributed by atoms with E-state index in [0.29, 0.717) is 85.3 Å². The van der Waals surface area contributed by atoms with Gasteiger partial charge in [-0.05, 0) is 102 Å². The topological polar surface area (TPSA) is 120 Å². The van der Waals surface area contributed by atoms with Crippen LogP contribution in [0.1, 0.15) is 157 Å². The third-order valence-electron chi connectivity index (χ3n) is 8.36. The van der Waals surface area contributed by atoms with E-state index >= 15 is 0 Å². The first kappa shape index (κ1) is 51.0. The summed E-state index contributed by atoms with van der Waals surface area (Å²) in [6, 6.07) is 7.34. The van der Waals surface area contributed by atoms with E-state index < -0.39 is 11.2 Å². The Morgan fingerprint density at radius 2 is 0.604 bits per heavy atom. The number of benzene rings is 2. The van der Waals surface area contributed by atoms with Gasteiger partial charge >= 0.3 is 26.2 Å². The van der Waals surface area contributed by atoms with Gasteiger partial charge in [-0.2, -0.15) is 0 Å². The molecular weight excluding hydrogens is 756 g/mol. The molecule has 0 amide bonds. The Morgan fingerprint density at radius 3 is 0.792 bits per heavy atom. The molecular formula is C42H70O10Zr. The van der Waals surface area contributed by atoms with E-state index in [4.69, 9.17) is 28.4 Å². The summed E-state index contributed by atoms with van der Waals surface area (Å²) in [5, 5.41) is 22.4. The molecule has 0 spiro atoms. The Hall–Kier alpha value is -2.04. The fourth-order valence-corrected chi connectivity index (χ4v) is 4.60. The van der Waals surface area contributed by atoms with Gasteiger partial charge in [-0.25, -0.2) is 0 Å². The first-order valence-corrected chi connectivity index (χ1v) is 19.8. The maximum absolute atomic E-state index is 11.2. The predicted octanol–water partition coefficient (Wildman–Crippen LogP) is 9.50. The second-order valence-electron chi connectivity index (χ2n) is 14.0. The predicted molar refractivity (Wildman–Crippen MR) is 204 cm³/mol. The minimum atomic E-state index is -0.978. The Balaban J connectivity index is 0.00000100. The summed E-state index contributed by atoms with van der Waals surface area (Å²) < 4.78 is 35.9. The molecule has 0 radical (unpaired) electrons. The monoisotopic (exact) mass is 824 g/mol. The van der Waals surface area contributed by atoms with Crippen LogP contribution in [0.4, 0.5) is 0 Å². The molecule has 2 aromatic rings. The van der Waals surface area contributed by atoms with Crippen molar-refractivity contribution in [3.63, 3.8) is 0 Å². The van der Waals surface area contributed by atoms with Crippen molar-refractivity contribution in [2.75, 3.05) is 39.6 Å². The second-order valence-corrected chi connectivity index (χ2v) is 14.0. The van der Waals surface area contributed by atoms with Crippen LogP contribution in [0.25, 0.3) is 0 Å². The molecule has 0 unspecified atom stereocenters. The number of rotatable bonds is 28. The van der Waals surface area contributed by atoms with Crippen molar-refractivity contribution in [2.45, 2.75) is 157 Å². The molecule has 0 fully saturated rings. The zero-order valence-electron chi connectivity index (χ0n) is 34.6. The summed E-state index contributed by atoms with van der Waals surface area (Å²) in [7, 11) is 0. The maximum atomic E-state index is 11.2. The molecule has 0 saturated heterocycles. The van der Waals surface area contributed by atoms with Crippen LogP contribution >= 0.6 is 0 Å². The van der Waals surface area contributed by atoms with Crippen LogP contribution in [-0.2, 0) is 47.2 Å². The molecule has 0 aliphatic rings. The Kier molecular flexibility index (Phi) is 28.2. The van der Waals surface area contributed by atoms with Crippen LogP contribution in [-0.4, -0.2) is 39.6 Å². The summed E-state index contributed by atoms with van der Waals surface area (Å²) in [4.78, 5) is 8.84. The van der Waals surface area contributed by atoms with Gasteiger partial charge < -0.3 is 48.7 Å². The van der Waals surface area contributed by atoms with Gasteiger partial charge in [0.25, 0.3) is 0 Å². The smallest absolute Gasteiger partial charge is 0.723 e. The third kappa shape index (κ3) is 18.9. The summed E-state index contributed by atoms with van der Waals surface area (Å²) in [6.07, 6.45) is 12.0. The Labute approximate surface area is 340 Å². The Bertz CT molecular complexity index is 1060. The fourth-order valence-electron chi connectivity index (χ4n) is 4.60. The van der Waals surface area contributed by atoms with Gasteiger partial charge in [-0.1, -0.05) is 80.1 Å². The van der Waals surface area contributed by atoms with Gasteiger partial charge in [0.1, 0.15) is 0 Å². The van der Waals surface area contributed by atoms with E-state index in [2.05, 4.69) is 51.3 Å². The van der Waals surface area contributed by atoms with Gasteiger partial charge in [0.05, 0.1) is 50.8 Å². The Morgan fingerprint density at radius 1 is 0.396 bits per heavy atom. The van der Waals surface area contributed by atoms with E-state index in [1.807, 2.05) is 24.3 Å². The molecule has 0 N–H and O–H groups in total. The summed E-state index contributed by atoms with van der Waals surface area (Å²) in [5.74, 6) is 3.70. The van der Waals surface area contributed by atoms with Crippen LogP contribution in [0.2, 0.25) is 0 Å². The second kappa shape index (κ2) is 29.3. The number of hydrogen-bond acceptors (Lipinski definition) is 10. The molecule has 2 aromatic carbocycles. The molecule has 2 rings (SSSR count). The largest absolute Gasteiger partial charge is 2.00 e. The molecule has 0 aliphatic carbocycles. The minimum absolute atomic E-state index is 0. The average molecular weight is 826 g/mol. The molecule has 302 valence electrons. The molecule has 0 saturated carbocycles. The quantitative estimate of drug-likeness (QED) is 0.0466. The molecule has 0 aromatic heterocycles. The molecule has 0 bridgehead atoms. The van der Waals surface area contributed by atoms with Crippen LogP contribution < -0.4 is 38.9 Å². The molecule has 53 heavy (non-hydrogen) atoms. The SMILES string of the molecule is CCCCOc1cc(C(C)(C)O[O-])cc(OCCCC)c1OCCCC.CCCCOc1cc(C(C)(C)O[O-])cc(OCCCC)c1OCCCC.[Zr+2]. The maximum Gasteiger partial charge on any atom is 2.00 e. The normalized spacial score (nSPS) is 11.2. The zero-order valence-corrected chi connectivity index (χ0v) is 37.1. The van der Waals surface area contributed by atoms with Crippen molar-refractivity contribution in [3.8, 4) is 34.5 Å². The number of hydrogen-bond donors (Lipinski definition) is 0. The number of ether oxygens (including phenoxy) is 6. The van der Waals surface area contributed by atoms with E-state index in [9.17, 15) is 10.5 Å². The van der Waals surface area contributed by atoms with Crippen molar-refractivity contribution in [3.05, 3.63) is 35.4 Å². The molecule has 0 aliphatic heterocycles. The van der Waals surface area contributed by atoms with E-state index in [1.54, 1.807) is 27.7 Å². The van der Waals surface area contributed by atoms with Crippen molar-refractivity contribution >= 4 is 0 Å². The fraction of sp³-hybridized carbons (Fsp3) is 0.714. The van der Waals surface area contributed by atoms with E-state index in [-0.39, 0.29) is 26.2 Å². The van der Waals surface area contributed by atoms with Gasteiger partial charge in [-0.3, -0.25) is 0 Å². The standard InChI is InChI=1S/2C21H36O5.Zr/c2*1-6-9-12-23-18-15-17(21(4,5)26-22)16-19(24-13-10-7-2)20(18)25-14-11-8-3;/h2*15-16,22H,6-14H2,1-5H3;/q;;+2/p-2. The van der Waals surface area contributed by atoms with Gasteiger partial charge in [0.15, 0.2) is 23.0 Å². The van der Waals surface area contributed by atoms with Crippen molar-refractivity contribution in [1.29, 1.82) is 0 Å². The first-order chi connectivity index (χ1) is 25.0. The van der Waals surface area contributed by atoms with Crippen molar-refractivity contribution < 1.29 is 74.9 Å². The van der Waals surface area contributed by atoms with Crippen LogP contribution in [0.15, 0.2) is 24.3 Å². The summed E-state index contributed by atoms with van der Waals surface area (Å²) in [6.45, 7) is 23.2. The van der Waals surface area contributed by atoms with Crippen molar-refractivity contribution in [1.82, 2.24) is 0 Å². The van der Waals surface area contributed by atoms with Crippen LogP contribution in [0, 0.1) is 0 Å². The summed E-state index contributed by atoms with van der Waals surface area (Å²) in [5.41, 5.74) is -0.525. The molecule has 0 heterocycles. The van der Waals surface area contributed by atoms with Gasteiger partial charge in [-0.15, -0.1) is 0 Å². The first-order valence-electron chi connectivity index (χ1n) is 19.8. The average Bonchev–Trinajstić information content (AvgIpc) is 3.13. The van der Waals surface area contributed by atoms with Crippen molar-refractivity contribution in [2.24, 2.45) is 0 Å². The van der Waals surface area contributed by atoms with E-state index in [0.717, 1.165) is 77.0 Å². The van der Waals surface area contributed by atoms with E-state index in [1.165, 1.54) is 0 Å². The minimum Gasteiger partial charge on any atom is -0.723 e. The zero-order chi connectivity index (χ0) is 38.8.